The van der Waals surface area contributed by atoms with Crippen LogP contribution in [-0.2, 0) is 13.5 Å². The van der Waals surface area contributed by atoms with Crippen LogP contribution in [0.2, 0.25) is 0 Å². The third-order valence-electron chi connectivity index (χ3n) is 2.69. The van der Waals surface area contributed by atoms with Crippen molar-refractivity contribution in [3.8, 4) is 5.75 Å². The van der Waals surface area contributed by atoms with Crippen LogP contribution in [0.3, 0.4) is 0 Å². The van der Waals surface area contributed by atoms with Gasteiger partial charge in [-0.05, 0) is 36.7 Å². The Balaban J connectivity index is 2.60. The smallest absolute Gasteiger partial charge is 0.119 e. The zero-order chi connectivity index (χ0) is 10.8. The van der Waals surface area contributed by atoms with Crippen molar-refractivity contribution in [2.24, 2.45) is 12.8 Å². The lowest BCUT2D eigenvalue weighted by Gasteiger charge is -2.01. The lowest BCUT2D eigenvalue weighted by atomic mass is 10.1. The van der Waals surface area contributed by atoms with E-state index in [1.807, 2.05) is 6.07 Å². The number of aromatic nitrogens is 1. The summed E-state index contributed by atoms with van der Waals surface area (Å²) in [6.07, 6.45) is 3.04. The van der Waals surface area contributed by atoms with Gasteiger partial charge in [-0.1, -0.05) is 0 Å². The van der Waals surface area contributed by atoms with Crippen LogP contribution in [0.25, 0.3) is 10.9 Å². The van der Waals surface area contributed by atoms with E-state index in [-0.39, 0.29) is 0 Å². The fourth-order valence-corrected chi connectivity index (χ4v) is 1.93. The first-order valence-electron chi connectivity index (χ1n) is 5.08. The first-order chi connectivity index (χ1) is 7.26. The van der Waals surface area contributed by atoms with Gasteiger partial charge in [-0.15, -0.1) is 0 Å². The SMILES string of the molecule is COc1ccc2c(c1)c(CCN)cn2C. The molecule has 3 nitrogen and oxygen atoms in total. The average molecular weight is 204 g/mol. The highest BCUT2D eigenvalue weighted by Crippen LogP contribution is 2.25. The van der Waals surface area contributed by atoms with Crippen LogP contribution in [-0.4, -0.2) is 18.2 Å². The Labute approximate surface area is 89.4 Å². The molecule has 15 heavy (non-hydrogen) atoms. The van der Waals surface area contributed by atoms with Crippen LogP contribution >= 0.6 is 0 Å². The second kappa shape index (κ2) is 3.95. The molecule has 2 aromatic rings. The quantitative estimate of drug-likeness (QED) is 0.826. The fraction of sp³-hybridized carbons (Fsp3) is 0.333. The summed E-state index contributed by atoms with van der Waals surface area (Å²) in [4.78, 5) is 0. The third kappa shape index (κ3) is 1.70. The van der Waals surface area contributed by atoms with Crippen molar-refractivity contribution in [3.63, 3.8) is 0 Å². The van der Waals surface area contributed by atoms with Crippen LogP contribution in [0.5, 0.6) is 5.75 Å². The number of aryl methyl sites for hydroxylation is 1. The highest BCUT2D eigenvalue weighted by atomic mass is 16.5. The van der Waals surface area contributed by atoms with Gasteiger partial charge in [0.15, 0.2) is 0 Å². The monoisotopic (exact) mass is 204 g/mol. The molecule has 0 fully saturated rings. The highest BCUT2D eigenvalue weighted by molar-refractivity contribution is 5.85. The van der Waals surface area contributed by atoms with E-state index in [0.29, 0.717) is 6.54 Å². The molecule has 0 amide bonds. The Morgan fingerprint density at radius 2 is 2.20 bits per heavy atom. The van der Waals surface area contributed by atoms with Crippen molar-refractivity contribution >= 4 is 10.9 Å². The van der Waals surface area contributed by atoms with Crippen LogP contribution < -0.4 is 10.5 Å². The van der Waals surface area contributed by atoms with Gasteiger partial charge in [0.1, 0.15) is 5.75 Å². The van der Waals surface area contributed by atoms with E-state index in [1.54, 1.807) is 7.11 Å². The van der Waals surface area contributed by atoms with E-state index in [2.05, 4.69) is 29.9 Å². The van der Waals surface area contributed by atoms with Crippen LogP contribution in [0.4, 0.5) is 0 Å². The lowest BCUT2D eigenvalue weighted by molar-refractivity contribution is 0.415. The van der Waals surface area contributed by atoms with Gasteiger partial charge in [-0.3, -0.25) is 0 Å². The number of hydrogen-bond acceptors (Lipinski definition) is 2. The van der Waals surface area contributed by atoms with E-state index >= 15 is 0 Å². The number of nitrogens with zero attached hydrogens (tertiary/aromatic N) is 1. The molecule has 1 aromatic carbocycles. The third-order valence-corrected chi connectivity index (χ3v) is 2.69. The Morgan fingerprint density at radius 3 is 2.87 bits per heavy atom. The molecule has 0 bridgehead atoms. The lowest BCUT2D eigenvalue weighted by Crippen LogP contribution is -2.01. The number of benzene rings is 1. The van der Waals surface area contributed by atoms with Gasteiger partial charge in [-0.2, -0.15) is 0 Å². The second-order valence-corrected chi connectivity index (χ2v) is 3.69. The van der Waals surface area contributed by atoms with Gasteiger partial charge in [0.2, 0.25) is 0 Å². The maximum Gasteiger partial charge on any atom is 0.119 e. The molecule has 0 unspecified atom stereocenters. The topological polar surface area (TPSA) is 40.2 Å². The molecule has 0 saturated carbocycles. The summed E-state index contributed by atoms with van der Waals surface area (Å²) in [6, 6.07) is 6.13. The average Bonchev–Trinajstić information content (AvgIpc) is 2.56. The fourth-order valence-electron chi connectivity index (χ4n) is 1.93. The van der Waals surface area contributed by atoms with Gasteiger partial charge >= 0.3 is 0 Å². The predicted molar refractivity (Wildman–Crippen MR) is 62.2 cm³/mol. The summed E-state index contributed by atoms with van der Waals surface area (Å²) >= 11 is 0. The summed E-state index contributed by atoms with van der Waals surface area (Å²) in [7, 11) is 3.74. The van der Waals surface area contributed by atoms with Crippen molar-refractivity contribution in [1.29, 1.82) is 0 Å². The minimum atomic E-state index is 0.677. The van der Waals surface area contributed by atoms with E-state index in [1.165, 1.54) is 16.5 Å². The standard InChI is InChI=1S/C12H16N2O/c1-14-8-9(5-6-13)11-7-10(15-2)3-4-12(11)14/h3-4,7-8H,5-6,13H2,1-2H3. The van der Waals surface area contributed by atoms with Crippen molar-refractivity contribution < 1.29 is 4.74 Å². The van der Waals surface area contributed by atoms with Gasteiger partial charge in [0.25, 0.3) is 0 Å². The minimum absolute atomic E-state index is 0.677. The molecule has 80 valence electrons. The largest absolute Gasteiger partial charge is 0.497 e. The Hall–Kier alpha value is -1.48. The number of rotatable bonds is 3. The maximum absolute atomic E-state index is 5.59. The Morgan fingerprint density at radius 1 is 1.40 bits per heavy atom. The molecule has 1 heterocycles. The number of fused-ring (bicyclic) bond motifs is 1. The summed E-state index contributed by atoms with van der Waals surface area (Å²) < 4.78 is 7.35. The predicted octanol–water partition coefficient (Wildman–Crippen LogP) is 1.69. The molecule has 0 aliphatic carbocycles. The van der Waals surface area contributed by atoms with Crippen LogP contribution in [0.1, 0.15) is 5.56 Å². The molecule has 0 radical (unpaired) electrons. The molecule has 3 heteroatoms. The van der Waals surface area contributed by atoms with Crippen LogP contribution in [0, 0.1) is 0 Å². The molecule has 0 spiro atoms. The molecule has 0 saturated heterocycles. The van der Waals surface area contributed by atoms with Gasteiger partial charge in [0, 0.05) is 24.1 Å². The summed E-state index contributed by atoms with van der Waals surface area (Å²) in [5, 5.41) is 1.24. The highest BCUT2D eigenvalue weighted by Gasteiger charge is 2.06. The van der Waals surface area contributed by atoms with Gasteiger partial charge in [-0.25, -0.2) is 0 Å². The van der Waals surface area contributed by atoms with Crippen molar-refractivity contribution in [3.05, 3.63) is 30.0 Å². The molecule has 1 aromatic heterocycles. The maximum atomic E-state index is 5.59. The normalized spacial score (nSPS) is 10.9. The molecule has 0 aliphatic rings. The number of hydrogen-bond donors (Lipinski definition) is 1. The first-order valence-corrected chi connectivity index (χ1v) is 5.08. The van der Waals surface area contributed by atoms with Gasteiger partial charge < -0.3 is 15.0 Å². The molecular weight excluding hydrogens is 188 g/mol. The number of ether oxygens (including phenoxy) is 1. The zero-order valence-corrected chi connectivity index (χ0v) is 9.16. The van der Waals surface area contributed by atoms with Crippen molar-refractivity contribution in [1.82, 2.24) is 4.57 Å². The summed E-state index contributed by atoms with van der Waals surface area (Å²) in [5.74, 6) is 0.895. The molecule has 2 rings (SSSR count). The molecule has 0 atom stereocenters. The Bertz CT molecular complexity index is 474. The first kappa shape index (κ1) is 10.1. The van der Waals surface area contributed by atoms with Crippen molar-refractivity contribution in [2.45, 2.75) is 6.42 Å². The molecule has 2 N–H and O–H groups in total. The number of methoxy groups -OCH3 is 1. The Kier molecular flexibility index (Phi) is 2.64. The zero-order valence-electron chi connectivity index (χ0n) is 9.16. The van der Waals surface area contributed by atoms with E-state index in [4.69, 9.17) is 10.5 Å². The summed E-state index contributed by atoms with van der Waals surface area (Å²) in [5.41, 5.74) is 8.10. The summed E-state index contributed by atoms with van der Waals surface area (Å²) in [6.45, 7) is 0.677. The van der Waals surface area contributed by atoms with E-state index < -0.39 is 0 Å². The number of nitrogens with two attached hydrogens (primary N) is 1. The van der Waals surface area contributed by atoms with Crippen LogP contribution in [0.15, 0.2) is 24.4 Å². The molecule has 0 aliphatic heterocycles. The van der Waals surface area contributed by atoms with E-state index in [9.17, 15) is 0 Å². The van der Waals surface area contributed by atoms with Crippen molar-refractivity contribution in [2.75, 3.05) is 13.7 Å². The molecular formula is C12H16N2O. The van der Waals surface area contributed by atoms with Gasteiger partial charge in [0.05, 0.1) is 7.11 Å². The minimum Gasteiger partial charge on any atom is -0.497 e. The van der Waals surface area contributed by atoms with E-state index in [0.717, 1.165) is 12.2 Å². The second-order valence-electron chi connectivity index (χ2n) is 3.69.